The lowest BCUT2D eigenvalue weighted by atomic mass is 10.2. The van der Waals surface area contributed by atoms with Crippen LogP contribution in [0.1, 0.15) is 0 Å². The van der Waals surface area contributed by atoms with E-state index in [0.29, 0.717) is 17.9 Å². The first-order valence-corrected chi connectivity index (χ1v) is 6.50. The van der Waals surface area contributed by atoms with E-state index in [1.165, 1.54) is 12.1 Å². The third-order valence-corrected chi connectivity index (χ3v) is 2.47. The van der Waals surface area contributed by atoms with E-state index in [2.05, 4.69) is 10.0 Å². The first-order chi connectivity index (χ1) is 7.37. The second-order valence-corrected chi connectivity index (χ2v) is 5.20. The van der Waals surface area contributed by atoms with Crippen LogP contribution in [0.15, 0.2) is 18.2 Å². The van der Waals surface area contributed by atoms with Crippen molar-refractivity contribution in [3.8, 4) is 0 Å². The quantitative estimate of drug-likeness (QED) is 0.518. The van der Waals surface area contributed by atoms with Gasteiger partial charge in [-0.3, -0.25) is 0 Å². The molecule has 0 fully saturated rings. The van der Waals surface area contributed by atoms with Gasteiger partial charge in [0.2, 0.25) is 10.0 Å². The van der Waals surface area contributed by atoms with Crippen LogP contribution in [-0.2, 0) is 10.0 Å². The fourth-order valence-electron chi connectivity index (χ4n) is 1.16. The summed E-state index contributed by atoms with van der Waals surface area (Å²) in [6.45, 7) is 0.589. The zero-order valence-corrected chi connectivity index (χ0v) is 9.64. The Kier molecular flexibility index (Phi) is 4.08. The van der Waals surface area contributed by atoms with Crippen molar-refractivity contribution in [1.82, 2.24) is 4.72 Å². The first-order valence-electron chi connectivity index (χ1n) is 4.61. The summed E-state index contributed by atoms with van der Waals surface area (Å²) in [5, 5.41) is 2.85. The number of nitrogen functional groups attached to an aromatic ring is 1. The molecule has 16 heavy (non-hydrogen) atoms. The number of sulfonamides is 1. The van der Waals surface area contributed by atoms with Crippen LogP contribution in [0.25, 0.3) is 0 Å². The number of rotatable bonds is 5. The maximum absolute atomic E-state index is 12.9. The SMILES string of the molecule is CS(=O)(=O)NCCNc1cc(N)cc(F)c1. The van der Waals surface area contributed by atoms with Crippen LogP contribution in [0, 0.1) is 5.82 Å². The number of nitrogens with two attached hydrogens (primary N) is 1. The topological polar surface area (TPSA) is 84.2 Å². The molecule has 4 N–H and O–H groups in total. The summed E-state index contributed by atoms with van der Waals surface area (Å²) in [6.07, 6.45) is 1.08. The summed E-state index contributed by atoms with van der Waals surface area (Å²) in [4.78, 5) is 0. The van der Waals surface area contributed by atoms with Gasteiger partial charge in [-0.05, 0) is 18.2 Å². The predicted octanol–water partition coefficient (Wildman–Crippen LogP) is 0.369. The fraction of sp³-hybridized carbons (Fsp3) is 0.333. The first kappa shape index (κ1) is 12.7. The van der Waals surface area contributed by atoms with Gasteiger partial charge >= 0.3 is 0 Å². The molecule has 0 heterocycles. The normalized spacial score (nSPS) is 11.4. The molecule has 0 unspecified atom stereocenters. The van der Waals surface area contributed by atoms with E-state index in [0.717, 1.165) is 6.26 Å². The molecule has 1 aromatic rings. The average molecular weight is 247 g/mol. The van der Waals surface area contributed by atoms with Gasteiger partial charge in [-0.1, -0.05) is 0 Å². The minimum atomic E-state index is -3.18. The van der Waals surface area contributed by atoms with Gasteiger partial charge < -0.3 is 11.1 Å². The van der Waals surface area contributed by atoms with Crippen LogP contribution in [-0.4, -0.2) is 27.8 Å². The molecule has 0 aliphatic rings. The monoisotopic (exact) mass is 247 g/mol. The van der Waals surface area contributed by atoms with Crippen LogP contribution in [0.2, 0.25) is 0 Å². The molecule has 0 radical (unpaired) electrons. The van der Waals surface area contributed by atoms with Crippen LogP contribution in [0.3, 0.4) is 0 Å². The van der Waals surface area contributed by atoms with Gasteiger partial charge in [0.25, 0.3) is 0 Å². The minimum Gasteiger partial charge on any atom is -0.399 e. The van der Waals surface area contributed by atoms with Gasteiger partial charge in [0.05, 0.1) is 6.26 Å². The van der Waals surface area contributed by atoms with E-state index in [1.807, 2.05) is 0 Å². The molecular formula is C9H14FN3O2S. The largest absolute Gasteiger partial charge is 0.399 e. The number of hydrogen-bond donors (Lipinski definition) is 3. The van der Waals surface area contributed by atoms with E-state index in [4.69, 9.17) is 5.73 Å². The zero-order valence-electron chi connectivity index (χ0n) is 8.83. The van der Waals surface area contributed by atoms with Crippen LogP contribution >= 0.6 is 0 Å². The summed E-state index contributed by atoms with van der Waals surface area (Å²) in [6, 6.07) is 4.07. The third-order valence-electron chi connectivity index (χ3n) is 1.74. The van der Waals surface area contributed by atoms with Crippen molar-refractivity contribution in [2.75, 3.05) is 30.4 Å². The lowest BCUT2D eigenvalue weighted by Crippen LogP contribution is -2.27. The molecule has 0 aliphatic heterocycles. The molecule has 0 bridgehead atoms. The molecule has 0 aliphatic carbocycles. The zero-order chi connectivity index (χ0) is 12.2. The molecule has 0 saturated carbocycles. The summed E-state index contributed by atoms with van der Waals surface area (Å²) in [5.41, 5.74) is 6.28. The lowest BCUT2D eigenvalue weighted by Gasteiger charge is -2.07. The molecule has 90 valence electrons. The van der Waals surface area contributed by atoms with Crippen LogP contribution in [0.4, 0.5) is 15.8 Å². The Morgan fingerprint density at radius 3 is 2.56 bits per heavy atom. The number of benzene rings is 1. The summed E-state index contributed by atoms with van der Waals surface area (Å²) >= 11 is 0. The Labute approximate surface area is 93.9 Å². The molecule has 0 atom stereocenters. The molecule has 7 heteroatoms. The Bertz CT molecular complexity index is 442. The number of anilines is 2. The second-order valence-electron chi connectivity index (χ2n) is 3.37. The van der Waals surface area contributed by atoms with Crippen molar-refractivity contribution in [2.45, 2.75) is 0 Å². The van der Waals surface area contributed by atoms with E-state index in [-0.39, 0.29) is 6.54 Å². The maximum Gasteiger partial charge on any atom is 0.208 e. The summed E-state index contributed by atoms with van der Waals surface area (Å²) < 4.78 is 36.7. The highest BCUT2D eigenvalue weighted by molar-refractivity contribution is 7.88. The van der Waals surface area contributed by atoms with E-state index >= 15 is 0 Å². The Hall–Kier alpha value is -1.34. The van der Waals surface area contributed by atoms with Gasteiger partial charge in [0, 0.05) is 24.5 Å². The minimum absolute atomic E-state index is 0.231. The molecule has 0 aromatic heterocycles. The smallest absolute Gasteiger partial charge is 0.208 e. The lowest BCUT2D eigenvalue weighted by molar-refractivity contribution is 0.589. The summed E-state index contributed by atoms with van der Waals surface area (Å²) in [7, 11) is -3.18. The van der Waals surface area contributed by atoms with Gasteiger partial charge in [0.15, 0.2) is 0 Å². The fourth-order valence-corrected chi connectivity index (χ4v) is 1.63. The van der Waals surface area contributed by atoms with Crippen molar-refractivity contribution >= 4 is 21.4 Å². The molecule has 5 nitrogen and oxygen atoms in total. The van der Waals surface area contributed by atoms with Crippen LogP contribution < -0.4 is 15.8 Å². The van der Waals surface area contributed by atoms with Crippen LogP contribution in [0.5, 0.6) is 0 Å². The summed E-state index contributed by atoms with van der Waals surface area (Å²) in [5.74, 6) is -0.432. The molecular weight excluding hydrogens is 233 g/mol. The van der Waals surface area contributed by atoms with Gasteiger partial charge in [-0.15, -0.1) is 0 Å². The highest BCUT2D eigenvalue weighted by Gasteiger charge is 2.00. The predicted molar refractivity (Wildman–Crippen MR) is 62.1 cm³/mol. The van der Waals surface area contributed by atoms with Gasteiger partial charge in [0.1, 0.15) is 5.82 Å². The Morgan fingerprint density at radius 1 is 1.31 bits per heavy atom. The van der Waals surface area contributed by atoms with Crippen molar-refractivity contribution < 1.29 is 12.8 Å². The molecule has 0 spiro atoms. The number of nitrogens with one attached hydrogen (secondary N) is 2. The van der Waals surface area contributed by atoms with Crippen molar-refractivity contribution in [1.29, 1.82) is 0 Å². The molecule has 1 aromatic carbocycles. The highest BCUT2D eigenvalue weighted by Crippen LogP contribution is 2.14. The maximum atomic E-state index is 12.9. The Morgan fingerprint density at radius 2 is 2.00 bits per heavy atom. The van der Waals surface area contributed by atoms with Crippen molar-refractivity contribution in [3.05, 3.63) is 24.0 Å². The standard InChI is InChI=1S/C9H14FN3O2S/c1-16(14,15)13-3-2-12-9-5-7(10)4-8(11)6-9/h4-6,12-13H,2-3,11H2,1H3. The Balaban J connectivity index is 2.43. The molecule has 1 rings (SSSR count). The van der Waals surface area contributed by atoms with E-state index < -0.39 is 15.8 Å². The van der Waals surface area contributed by atoms with E-state index in [1.54, 1.807) is 6.07 Å². The average Bonchev–Trinajstić information content (AvgIpc) is 2.09. The molecule has 0 saturated heterocycles. The number of hydrogen-bond acceptors (Lipinski definition) is 4. The van der Waals surface area contributed by atoms with Gasteiger partial charge in [-0.2, -0.15) is 0 Å². The number of halogens is 1. The van der Waals surface area contributed by atoms with Crippen molar-refractivity contribution in [2.24, 2.45) is 0 Å². The second kappa shape index (κ2) is 5.13. The van der Waals surface area contributed by atoms with Gasteiger partial charge in [-0.25, -0.2) is 17.5 Å². The van der Waals surface area contributed by atoms with E-state index in [9.17, 15) is 12.8 Å². The van der Waals surface area contributed by atoms with Crippen molar-refractivity contribution in [3.63, 3.8) is 0 Å². The third kappa shape index (κ3) is 4.94. The molecule has 0 amide bonds. The highest BCUT2D eigenvalue weighted by atomic mass is 32.2.